The van der Waals surface area contributed by atoms with Crippen LogP contribution in [0.4, 0.5) is 5.69 Å². The van der Waals surface area contributed by atoms with Crippen LogP contribution in [-0.2, 0) is 11.3 Å². The number of anilines is 1. The van der Waals surface area contributed by atoms with Gasteiger partial charge in [-0.25, -0.2) is 0 Å². The highest BCUT2D eigenvalue weighted by atomic mass is 35.5. The van der Waals surface area contributed by atoms with Crippen LogP contribution < -0.4 is 16.4 Å². The Bertz CT molecular complexity index is 618. The van der Waals surface area contributed by atoms with Gasteiger partial charge in [-0.1, -0.05) is 41.9 Å². The van der Waals surface area contributed by atoms with Crippen LogP contribution in [0.3, 0.4) is 0 Å². The van der Waals surface area contributed by atoms with Crippen LogP contribution >= 0.6 is 11.6 Å². The van der Waals surface area contributed by atoms with E-state index < -0.39 is 6.04 Å². The van der Waals surface area contributed by atoms with Crippen molar-refractivity contribution in [3.8, 4) is 0 Å². The average molecular weight is 318 g/mol. The fourth-order valence-corrected chi connectivity index (χ4v) is 2.28. The standard InChI is InChI=1S/C17H20ClN3O/c1-12(21-15-8-3-2-4-9-15)16(19)17(22)20-11-13-6-5-7-14(18)10-13/h2-10,12,16,21H,11,19H2,1H3,(H,20,22). The highest BCUT2D eigenvalue weighted by Gasteiger charge is 2.20. The molecule has 4 nitrogen and oxygen atoms in total. The van der Waals surface area contributed by atoms with Crippen LogP contribution in [-0.4, -0.2) is 18.0 Å². The SMILES string of the molecule is CC(Nc1ccccc1)C(N)C(=O)NCc1cccc(Cl)c1. The van der Waals surface area contributed by atoms with E-state index in [2.05, 4.69) is 10.6 Å². The number of hydrogen-bond acceptors (Lipinski definition) is 3. The van der Waals surface area contributed by atoms with E-state index in [0.29, 0.717) is 11.6 Å². The van der Waals surface area contributed by atoms with Crippen molar-refractivity contribution in [2.24, 2.45) is 5.73 Å². The molecule has 0 aliphatic rings. The molecule has 0 bridgehead atoms. The Hall–Kier alpha value is -2.04. The Kier molecular flexibility index (Phi) is 5.81. The molecule has 2 atom stereocenters. The van der Waals surface area contributed by atoms with Crippen molar-refractivity contribution in [2.45, 2.75) is 25.6 Å². The second kappa shape index (κ2) is 7.82. The van der Waals surface area contributed by atoms with Gasteiger partial charge in [0.15, 0.2) is 0 Å². The van der Waals surface area contributed by atoms with Crippen LogP contribution in [0, 0.1) is 0 Å². The van der Waals surface area contributed by atoms with Crippen molar-refractivity contribution in [3.05, 3.63) is 65.2 Å². The second-order valence-electron chi connectivity index (χ2n) is 5.17. The number of nitrogens with two attached hydrogens (primary N) is 1. The van der Waals surface area contributed by atoms with Crippen molar-refractivity contribution in [1.29, 1.82) is 0 Å². The molecule has 0 heterocycles. The molecule has 1 amide bonds. The maximum atomic E-state index is 12.1. The van der Waals surface area contributed by atoms with Gasteiger partial charge in [0, 0.05) is 23.3 Å². The first-order valence-corrected chi connectivity index (χ1v) is 7.53. The molecule has 22 heavy (non-hydrogen) atoms. The lowest BCUT2D eigenvalue weighted by Crippen LogP contribution is -2.49. The normalized spacial score (nSPS) is 13.2. The van der Waals surface area contributed by atoms with E-state index in [1.807, 2.05) is 55.5 Å². The predicted octanol–water partition coefficient (Wildman–Crippen LogP) is 2.78. The minimum Gasteiger partial charge on any atom is -0.380 e. The molecule has 2 aromatic carbocycles. The summed E-state index contributed by atoms with van der Waals surface area (Å²) >= 11 is 5.92. The van der Waals surface area contributed by atoms with Crippen LogP contribution in [0.2, 0.25) is 5.02 Å². The van der Waals surface area contributed by atoms with E-state index in [4.69, 9.17) is 17.3 Å². The summed E-state index contributed by atoms with van der Waals surface area (Å²) in [6, 6.07) is 16.2. The number of nitrogens with one attached hydrogen (secondary N) is 2. The molecule has 0 saturated carbocycles. The molecule has 0 spiro atoms. The summed E-state index contributed by atoms with van der Waals surface area (Å²) in [4.78, 5) is 12.1. The summed E-state index contributed by atoms with van der Waals surface area (Å²) in [5, 5.41) is 6.70. The van der Waals surface area contributed by atoms with E-state index in [0.717, 1.165) is 11.3 Å². The van der Waals surface area contributed by atoms with Crippen LogP contribution in [0.5, 0.6) is 0 Å². The van der Waals surface area contributed by atoms with Crippen molar-refractivity contribution in [3.63, 3.8) is 0 Å². The highest BCUT2D eigenvalue weighted by Crippen LogP contribution is 2.11. The van der Waals surface area contributed by atoms with Gasteiger partial charge in [0.2, 0.25) is 5.91 Å². The molecule has 2 unspecified atom stereocenters. The van der Waals surface area contributed by atoms with Crippen LogP contribution in [0.15, 0.2) is 54.6 Å². The average Bonchev–Trinajstić information content (AvgIpc) is 2.53. The smallest absolute Gasteiger partial charge is 0.239 e. The molecule has 0 aliphatic heterocycles. The summed E-state index contributed by atoms with van der Waals surface area (Å²) in [5.41, 5.74) is 7.88. The molecule has 0 saturated heterocycles. The summed E-state index contributed by atoms with van der Waals surface area (Å²) < 4.78 is 0. The Morgan fingerprint density at radius 3 is 2.59 bits per heavy atom. The highest BCUT2D eigenvalue weighted by molar-refractivity contribution is 6.30. The van der Waals surface area contributed by atoms with Gasteiger partial charge in [0.1, 0.15) is 6.04 Å². The lowest BCUT2D eigenvalue weighted by Gasteiger charge is -2.21. The lowest BCUT2D eigenvalue weighted by molar-refractivity contribution is -0.122. The third-order valence-corrected chi connectivity index (χ3v) is 3.60. The minimum absolute atomic E-state index is 0.179. The maximum absolute atomic E-state index is 12.1. The number of carbonyl (C=O) groups excluding carboxylic acids is 1. The number of para-hydroxylation sites is 1. The van der Waals surface area contributed by atoms with Crippen molar-refractivity contribution < 1.29 is 4.79 Å². The molecular formula is C17H20ClN3O. The van der Waals surface area contributed by atoms with Gasteiger partial charge in [0.05, 0.1) is 0 Å². The largest absolute Gasteiger partial charge is 0.380 e. The number of amides is 1. The zero-order valence-corrected chi connectivity index (χ0v) is 13.2. The summed E-state index contributed by atoms with van der Waals surface area (Å²) in [7, 11) is 0. The molecule has 2 aromatic rings. The van der Waals surface area contributed by atoms with Gasteiger partial charge in [-0.2, -0.15) is 0 Å². The molecule has 5 heteroatoms. The summed E-state index contributed by atoms with van der Waals surface area (Å²) in [6.45, 7) is 2.29. The number of hydrogen-bond donors (Lipinski definition) is 3. The number of rotatable bonds is 6. The molecule has 0 aromatic heterocycles. The van der Waals surface area contributed by atoms with Crippen LogP contribution in [0.1, 0.15) is 12.5 Å². The first kappa shape index (κ1) is 16.3. The fourth-order valence-electron chi connectivity index (χ4n) is 2.07. The Balaban J connectivity index is 1.86. The van der Waals surface area contributed by atoms with Gasteiger partial charge in [0.25, 0.3) is 0 Å². The predicted molar refractivity (Wildman–Crippen MR) is 90.8 cm³/mol. The lowest BCUT2D eigenvalue weighted by atomic mass is 10.1. The fraction of sp³-hybridized carbons (Fsp3) is 0.235. The third kappa shape index (κ3) is 4.76. The van der Waals surface area contributed by atoms with E-state index in [1.165, 1.54) is 0 Å². The van der Waals surface area contributed by atoms with E-state index in [9.17, 15) is 4.79 Å². The van der Waals surface area contributed by atoms with Crippen molar-refractivity contribution in [2.75, 3.05) is 5.32 Å². The maximum Gasteiger partial charge on any atom is 0.239 e. The number of carbonyl (C=O) groups is 1. The molecule has 0 fully saturated rings. The molecule has 4 N–H and O–H groups in total. The number of benzene rings is 2. The van der Waals surface area contributed by atoms with E-state index >= 15 is 0 Å². The van der Waals surface area contributed by atoms with E-state index in [1.54, 1.807) is 6.07 Å². The van der Waals surface area contributed by atoms with Crippen LogP contribution in [0.25, 0.3) is 0 Å². The zero-order valence-electron chi connectivity index (χ0n) is 12.4. The second-order valence-corrected chi connectivity index (χ2v) is 5.61. The first-order chi connectivity index (χ1) is 10.6. The summed E-state index contributed by atoms with van der Waals surface area (Å²) in [5.74, 6) is -0.198. The Morgan fingerprint density at radius 1 is 1.18 bits per heavy atom. The molecule has 0 radical (unpaired) electrons. The Morgan fingerprint density at radius 2 is 1.91 bits per heavy atom. The van der Waals surface area contributed by atoms with Crippen molar-refractivity contribution >= 4 is 23.2 Å². The Labute approximate surface area is 135 Å². The zero-order chi connectivity index (χ0) is 15.9. The number of halogens is 1. The topological polar surface area (TPSA) is 67.1 Å². The first-order valence-electron chi connectivity index (χ1n) is 7.15. The van der Waals surface area contributed by atoms with Gasteiger partial charge in [-0.15, -0.1) is 0 Å². The monoisotopic (exact) mass is 317 g/mol. The molecule has 2 rings (SSSR count). The van der Waals surface area contributed by atoms with Gasteiger partial charge >= 0.3 is 0 Å². The molecule has 0 aliphatic carbocycles. The molecule has 116 valence electrons. The van der Waals surface area contributed by atoms with Crippen molar-refractivity contribution in [1.82, 2.24) is 5.32 Å². The summed E-state index contributed by atoms with van der Waals surface area (Å²) in [6.07, 6.45) is 0. The van der Waals surface area contributed by atoms with Gasteiger partial charge in [-0.3, -0.25) is 4.79 Å². The minimum atomic E-state index is -0.639. The quantitative estimate of drug-likeness (QED) is 0.767. The van der Waals surface area contributed by atoms with E-state index in [-0.39, 0.29) is 11.9 Å². The molecular weight excluding hydrogens is 298 g/mol. The van der Waals surface area contributed by atoms with Gasteiger partial charge in [-0.05, 0) is 36.8 Å². The third-order valence-electron chi connectivity index (χ3n) is 3.37. The van der Waals surface area contributed by atoms with Gasteiger partial charge < -0.3 is 16.4 Å².